The molecule has 1 heterocycles. The molecule has 10 heavy (non-hydrogen) atoms. The van der Waals surface area contributed by atoms with E-state index in [4.69, 9.17) is 10.8 Å². The van der Waals surface area contributed by atoms with E-state index in [9.17, 15) is 9.59 Å². The van der Waals surface area contributed by atoms with Crippen molar-refractivity contribution in [2.45, 2.75) is 18.6 Å². The molecule has 0 spiro atoms. The summed E-state index contributed by atoms with van der Waals surface area (Å²) in [7, 11) is 0. The van der Waals surface area contributed by atoms with Gasteiger partial charge in [-0.15, -0.1) is 0 Å². The maximum Gasteiger partial charge on any atom is 0.332 e. The lowest BCUT2D eigenvalue weighted by molar-refractivity contribution is -0.182. The summed E-state index contributed by atoms with van der Waals surface area (Å²) >= 11 is 0. The van der Waals surface area contributed by atoms with E-state index in [0.29, 0.717) is 0 Å². The van der Waals surface area contributed by atoms with Crippen LogP contribution in [0.3, 0.4) is 0 Å². The number of carbonyl (C=O) groups is 2. The van der Waals surface area contributed by atoms with Crippen molar-refractivity contribution in [3.05, 3.63) is 0 Å². The van der Waals surface area contributed by atoms with E-state index in [1.165, 1.54) is 0 Å². The first-order valence-electron chi connectivity index (χ1n) is 2.79. The van der Waals surface area contributed by atoms with Crippen LogP contribution in [0.2, 0.25) is 0 Å². The van der Waals surface area contributed by atoms with Crippen molar-refractivity contribution in [3.63, 3.8) is 0 Å². The molecule has 1 rings (SSSR count). The van der Waals surface area contributed by atoms with Crippen LogP contribution in [0.15, 0.2) is 0 Å². The molecule has 0 aromatic heterocycles. The van der Waals surface area contributed by atoms with Gasteiger partial charge in [-0.25, -0.2) is 4.79 Å². The minimum absolute atomic E-state index is 0.199. The zero-order chi connectivity index (χ0) is 7.72. The third-order valence-corrected chi connectivity index (χ3v) is 1.35. The zero-order valence-corrected chi connectivity index (χ0v) is 5.11. The highest BCUT2D eigenvalue weighted by atomic mass is 16.5. The Labute approximate surface area is 56.8 Å². The Kier molecular flexibility index (Phi) is 1.58. The number of nitrogens with two attached hydrogens (primary N) is 1. The Morgan fingerprint density at radius 3 is 2.30 bits per heavy atom. The van der Waals surface area contributed by atoms with Crippen molar-refractivity contribution in [2.24, 2.45) is 5.73 Å². The Balaban J connectivity index is 2.31. The Morgan fingerprint density at radius 2 is 2.00 bits per heavy atom. The third kappa shape index (κ3) is 1.08. The molecule has 0 radical (unpaired) electrons. The molecular formula is C5H7NO4. The first-order valence-corrected chi connectivity index (χ1v) is 2.79. The van der Waals surface area contributed by atoms with Gasteiger partial charge in [-0.2, -0.15) is 0 Å². The number of ether oxygens (including phenoxy) is 1. The summed E-state index contributed by atoms with van der Waals surface area (Å²) in [6.07, 6.45) is -1.33. The quantitative estimate of drug-likeness (QED) is 0.506. The van der Waals surface area contributed by atoms with Gasteiger partial charge >= 0.3 is 5.97 Å². The topological polar surface area (TPSA) is 89.6 Å². The molecule has 0 aliphatic carbocycles. The summed E-state index contributed by atoms with van der Waals surface area (Å²) in [6.45, 7) is 0. The van der Waals surface area contributed by atoms with Crippen LogP contribution in [0.4, 0.5) is 0 Å². The summed E-state index contributed by atoms with van der Waals surface area (Å²) in [5.74, 6) is -1.64. The number of hydrogen-bond acceptors (Lipinski definition) is 3. The van der Waals surface area contributed by atoms with E-state index >= 15 is 0 Å². The van der Waals surface area contributed by atoms with Crippen LogP contribution in [0.5, 0.6) is 0 Å². The van der Waals surface area contributed by atoms with Crippen molar-refractivity contribution in [1.29, 1.82) is 0 Å². The maximum atomic E-state index is 10.3. The summed E-state index contributed by atoms with van der Waals surface area (Å²) in [6, 6.07) is 0. The maximum absolute atomic E-state index is 10.3. The van der Waals surface area contributed by atoms with Gasteiger partial charge in [0.15, 0.2) is 6.10 Å². The summed E-state index contributed by atoms with van der Waals surface area (Å²) in [5.41, 5.74) is 4.80. The zero-order valence-electron chi connectivity index (χ0n) is 5.11. The monoisotopic (exact) mass is 145 g/mol. The highest BCUT2D eigenvalue weighted by Gasteiger charge is 2.38. The average Bonchev–Trinajstić information content (AvgIpc) is 1.56. The second-order valence-electron chi connectivity index (χ2n) is 2.09. The molecule has 1 fully saturated rings. The predicted octanol–water partition coefficient (Wildman–Crippen LogP) is -1.29. The normalized spacial score (nSPS) is 30.8. The van der Waals surface area contributed by atoms with Gasteiger partial charge in [0.2, 0.25) is 5.91 Å². The van der Waals surface area contributed by atoms with Gasteiger partial charge in [-0.05, 0) is 0 Å². The molecule has 56 valence electrons. The Bertz CT molecular complexity index is 154. The standard InChI is InChI=1S/C5H7NO4/c6-4(7)2-1-3(10-2)5(8)9/h2-3H,1H2,(H2,6,7)(H,8,9)/t2?,3-/m0/s1. The van der Waals surface area contributed by atoms with Crippen molar-refractivity contribution in [3.8, 4) is 0 Å². The van der Waals surface area contributed by atoms with E-state index in [1.54, 1.807) is 0 Å². The van der Waals surface area contributed by atoms with Crippen LogP contribution >= 0.6 is 0 Å². The number of aliphatic carboxylic acids is 1. The second kappa shape index (κ2) is 2.26. The van der Waals surface area contributed by atoms with E-state index in [-0.39, 0.29) is 6.42 Å². The summed E-state index contributed by atoms with van der Waals surface area (Å²) < 4.78 is 4.59. The van der Waals surface area contributed by atoms with Crippen LogP contribution in [0.1, 0.15) is 6.42 Å². The Hall–Kier alpha value is -1.10. The van der Waals surface area contributed by atoms with Gasteiger partial charge in [0.1, 0.15) is 6.10 Å². The van der Waals surface area contributed by atoms with Crippen molar-refractivity contribution >= 4 is 11.9 Å². The number of rotatable bonds is 2. The number of carbonyl (C=O) groups excluding carboxylic acids is 1. The minimum Gasteiger partial charge on any atom is -0.479 e. The summed E-state index contributed by atoms with van der Waals surface area (Å²) in [5, 5.41) is 8.26. The molecule has 1 unspecified atom stereocenters. The number of primary amides is 1. The highest BCUT2D eigenvalue weighted by Crippen LogP contribution is 2.19. The second-order valence-corrected chi connectivity index (χ2v) is 2.09. The minimum atomic E-state index is -1.04. The van der Waals surface area contributed by atoms with Crippen LogP contribution in [0, 0.1) is 0 Å². The van der Waals surface area contributed by atoms with Gasteiger partial charge < -0.3 is 15.6 Å². The molecule has 0 saturated carbocycles. The van der Waals surface area contributed by atoms with Crippen molar-refractivity contribution < 1.29 is 19.4 Å². The first kappa shape index (κ1) is 7.01. The molecule has 5 nitrogen and oxygen atoms in total. The summed E-state index contributed by atoms with van der Waals surface area (Å²) in [4.78, 5) is 20.3. The molecule has 1 aliphatic rings. The van der Waals surface area contributed by atoms with E-state index in [0.717, 1.165) is 0 Å². The Morgan fingerprint density at radius 1 is 1.50 bits per heavy atom. The number of carboxylic acid groups (broad SMARTS) is 1. The molecule has 3 N–H and O–H groups in total. The van der Waals surface area contributed by atoms with Gasteiger partial charge in [0.25, 0.3) is 0 Å². The van der Waals surface area contributed by atoms with Gasteiger partial charge in [0.05, 0.1) is 0 Å². The van der Waals surface area contributed by atoms with Crippen molar-refractivity contribution in [1.82, 2.24) is 0 Å². The predicted molar refractivity (Wildman–Crippen MR) is 30.1 cm³/mol. The third-order valence-electron chi connectivity index (χ3n) is 1.35. The average molecular weight is 145 g/mol. The molecule has 0 aromatic rings. The number of carboxylic acids is 1. The molecule has 1 amide bonds. The number of amides is 1. The molecule has 1 aliphatic heterocycles. The van der Waals surface area contributed by atoms with Crippen LogP contribution < -0.4 is 5.73 Å². The van der Waals surface area contributed by atoms with Gasteiger partial charge in [-0.1, -0.05) is 0 Å². The smallest absolute Gasteiger partial charge is 0.332 e. The largest absolute Gasteiger partial charge is 0.479 e. The molecule has 5 heteroatoms. The molecule has 2 atom stereocenters. The lowest BCUT2D eigenvalue weighted by Crippen LogP contribution is -2.49. The van der Waals surface area contributed by atoms with Gasteiger partial charge in [0, 0.05) is 6.42 Å². The fourth-order valence-electron chi connectivity index (χ4n) is 0.724. The van der Waals surface area contributed by atoms with E-state index < -0.39 is 24.1 Å². The molecule has 0 aromatic carbocycles. The van der Waals surface area contributed by atoms with E-state index in [1.807, 2.05) is 0 Å². The van der Waals surface area contributed by atoms with Crippen LogP contribution in [-0.4, -0.2) is 29.2 Å². The van der Waals surface area contributed by atoms with E-state index in [2.05, 4.69) is 4.74 Å². The molecular weight excluding hydrogens is 138 g/mol. The molecule has 0 bridgehead atoms. The van der Waals surface area contributed by atoms with Crippen LogP contribution in [0.25, 0.3) is 0 Å². The fraction of sp³-hybridized carbons (Fsp3) is 0.600. The lowest BCUT2D eigenvalue weighted by Gasteiger charge is -2.30. The van der Waals surface area contributed by atoms with Crippen molar-refractivity contribution in [2.75, 3.05) is 0 Å². The van der Waals surface area contributed by atoms with Gasteiger partial charge in [-0.3, -0.25) is 4.79 Å². The fourth-order valence-corrected chi connectivity index (χ4v) is 0.724. The number of hydrogen-bond donors (Lipinski definition) is 2. The first-order chi connectivity index (χ1) is 4.61. The molecule has 1 saturated heterocycles. The lowest BCUT2D eigenvalue weighted by atomic mass is 10.1. The highest BCUT2D eigenvalue weighted by molar-refractivity contribution is 5.83. The SMILES string of the molecule is NC(=O)C1C[C@@H](C(=O)O)O1. The van der Waals surface area contributed by atoms with Crippen LogP contribution in [-0.2, 0) is 14.3 Å².